The van der Waals surface area contributed by atoms with Gasteiger partial charge in [-0.25, -0.2) is 15.0 Å². The lowest BCUT2D eigenvalue weighted by atomic mass is 9.62. The molecular weight excluding hydrogens is 434 g/mol. The summed E-state index contributed by atoms with van der Waals surface area (Å²) in [4.78, 5) is 29.7. The Morgan fingerprint density at radius 1 is 0.971 bits per heavy atom. The first-order valence-corrected chi connectivity index (χ1v) is 12.5. The average Bonchev–Trinajstić information content (AvgIpc) is 3.66. The van der Waals surface area contributed by atoms with Crippen LogP contribution < -0.4 is 10.2 Å². The van der Waals surface area contributed by atoms with Crippen molar-refractivity contribution in [1.82, 2.24) is 15.0 Å². The summed E-state index contributed by atoms with van der Waals surface area (Å²) in [5, 5.41) is 3.52. The second kappa shape index (κ2) is 8.01. The van der Waals surface area contributed by atoms with Gasteiger partial charge in [-0.1, -0.05) is 32.0 Å². The molecule has 0 spiro atoms. The summed E-state index contributed by atoms with van der Waals surface area (Å²) >= 11 is 0. The van der Waals surface area contributed by atoms with Crippen LogP contribution in [0.5, 0.6) is 0 Å². The third-order valence-electron chi connectivity index (χ3n) is 7.66. The molecule has 1 atom stereocenters. The SMILES string of the molecule is CC1(C)CC(=O)C2=C(C1)Nc1ncccc1C2(C)c1cccc(N(CC2CC2)c2ncccn2)c1. The summed E-state index contributed by atoms with van der Waals surface area (Å²) in [6.45, 7) is 7.41. The van der Waals surface area contributed by atoms with Crippen LogP contribution in [0.15, 0.2) is 72.3 Å². The van der Waals surface area contributed by atoms with Crippen molar-refractivity contribution in [2.24, 2.45) is 11.3 Å². The molecular formula is C29H31N5O. The third-order valence-corrected chi connectivity index (χ3v) is 7.66. The second-order valence-electron chi connectivity index (χ2n) is 11.1. The lowest BCUT2D eigenvalue weighted by molar-refractivity contribution is -0.118. The molecule has 2 aliphatic carbocycles. The number of benzene rings is 1. The number of nitrogens with one attached hydrogen (secondary N) is 1. The van der Waals surface area contributed by atoms with Gasteiger partial charge in [0.05, 0.1) is 5.41 Å². The number of allylic oxidation sites excluding steroid dienone is 2. The number of hydrogen-bond acceptors (Lipinski definition) is 6. The summed E-state index contributed by atoms with van der Waals surface area (Å²) in [6.07, 6.45) is 9.25. The smallest absolute Gasteiger partial charge is 0.229 e. The van der Waals surface area contributed by atoms with Crippen LogP contribution in [0, 0.1) is 11.3 Å². The topological polar surface area (TPSA) is 71.0 Å². The van der Waals surface area contributed by atoms with Crippen LogP contribution in [-0.4, -0.2) is 27.3 Å². The minimum absolute atomic E-state index is 0.0797. The molecule has 1 fully saturated rings. The largest absolute Gasteiger partial charge is 0.343 e. The summed E-state index contributed by atoms with van der Waals surface area (Å²) in [5.41, 5.74) is 4.37. The lowest BCUT2D eigenvalue weighted by Gasteiger charge is -2.44. The zero-order valence-corrected chi connectivity index (χ0v) is 20.6. The van der Waals surface area contributed by atoms with Crippen LogP contribution in [0.25, 0.3) is 0 Å². The number of rotatable bonds is 5. The van der Waals surface area contributed by atoms with Gasteiger partial charge in [0.25, 0.3) is 0 Å². The highest BCUT2D eigenvalue weighted by Crippen LogP contribution is 2.52. The number of fused-ring (bicyclic) bond motifs is 1. The van der Waals surface area contributed by atoms with Crippen molar-refractivity contribution in [1.29, 1.82) is 0 Å². The van der Waals surface area contributed by atoms with E-state index in [9.17, 15) is 4.79 Å². The Balaban J connectivity index is 1.51. The van der Waals surface area contributed by atoms with Crippen LogP contribution in [-0.2, 0) is 10.2 Å². The van der Waals surface area contributed by atoms with Crippen molar-refractivity contribution < 1.29 is 4.79 Å². The summed E-state index contributed by atoms with van der Waals surface area (Å²) in [6, 6.07) is 14.5. The van der Waals surface area contributed by atoms with Crippen molar-refractivity contribution in [3.8, 4) is 0 Å². The molecule has 1 aliphatic heterocycles. The molecule has 3 aromatic rings. The van der Waals surface area contributed by atoms with Gasteiger partial charge in [-0.3, -0.25) is 4.79 Å². The molecule has 35 heavy (non-hydrogen) atoms. The molecule has 0 bridgehead atoms. The highest BCUT2D eigenvalue weighted by atomic mass is 16.1. The highest BCUT2D eigenvalue weighted by Gasteiger charge is 2.48. The minimum Gasteiger partial charge on any atom is -0.343 e. The number of carbonyl (C=O) groups excluding carboxylic acids is 1. The van der Waals surface area contributed by atoms with Gasteiger partial charge in [-0.15, -0.1) is 0 Å². The van der Waals surface area contributed by atoms with Gasteiger partial charge in [0, 0.05) is 54.1 Å². The fourth-order valence-corrected chi connectivity index (χ4v) is 5.77. The number of Topliss-reactive ketones (excluding diaryl/α,β-unsaturated/α-hetero) is 1. The molecule has 1 unspecified atom stereocenters. The van der Waals surface area contributed by atoms with E-state index in [0.29, 0.717) is 18.3 Å². The van der Waals surface area contributed by atoms with E-state index in [1.54, 1.807) is 12.4 Å². The number of pyridine rings is 1. The molecule has 0 saturated heterocycles. The Hall–Kier alpha value is -3.54. The Morgan fingerprint density at radius 3 is 2.51 bits per heavy atom. The summed E-state index contributed by atoms with van der Waals surface area (Å²) in [7, 11) is 0. The fraction of sp³-hybridized carbons (Fsp3) is 0.379. The van der Waals surface area contributed by atoms with Crippen molar-refractivity contribution in [2.75, 3.05) is 16.8 Å². The van der Waals surface area contributed by atoms with Gasteiger partial charge in [0.2, 0.25) is 5.95 Å². The highest BCUT2D eigenvalue weighted by molar-refractivity contribution is 6.02. The molecule has 178 valence electrons. The van der Waals surface area contributed by atoms with Crippen LogP contribution in [0.4, 0.5) is 17.5 Å². The molecule has 3 aliphatic rings. The van der Waals surface area contributed by atoms with Crippen molar-refractivity contribution in [3.63, 3.8) is 0 Å². The fourth-order valence-electron chi connectivity index (χ4n) is 5.77. The van der Waals surface area contributed by atoms with Crippen LogP contribution in [0.1, 0.15) is 57.6 Å². The molecule has 6 rings (SSSR count). The molecule has 2 aromatic heterocycles. The second-order valence-corrected chi connectivity index (χ2v) is 11.1. The van der Waals surface area contributed by atoms with E-state index in [2.05, 4.69) is 76.3 Å². The van der Waals surface area contributed by atoms with Gasteiger partial charge in [0.15, 0.2) is 5.78 Å². The third kappa shape index (κ3) is 3.81. The maximum Gasteiger partial charge on any atom is 0.229 e. The van der Waals surface area contributed by atoms with E-state index in [1.807, 2.05) is 18.3 Å². The van der Waals surface area contributed by atoms with E-state index < -0.39 is 5.41 Å². The summed E-state index contributed by atoms with van der Waals surface area (Å²) in [5.74, 6) is 2.43. The van der Waals surface area contributed by atoms with Gasteiger partial charge in [-0.05, 0) is 67.3 Å². The molecule has 1 saturated carbocycles. The Labute approximate surface area is 206 Å². The molecule has 0 amide bonds. The van der Waals surface area contributed by atoms with E-state index in [0.717, 1.165) is 46.9 Å². The average molecular weight is 466 g/mol. The first-order chi connectivity index (χ1) is 16.8. The monoisotopic (exact) mass is 465 g/mol. The van der Waals surface area contributed by atoms with Gasteiger partial charge >= 0.3 is 0 Å². The van der Waals surface area contributed by atoms with Crippen LogP contribution >= 0.6 is 0 Å². The first-order valence-electron chi connectivity index (χ1n) is 12.5. The van der Waals surface area contributed by atoms with Crippen molar-refractivity contribution in [3.05, 3.63) is 83.5 Å². The molecule has 3 heterocycles. The summed E-state index contributed by atoms with van der Waals surface area (Å²) < 4.78 is 0. The lowest BCUT2D eigenvalue weighted by Crippen LogP contribution is -2.42. The van der Waals surface area contributed by atoms with E-state index in [1.165, 1.54) is 12.8 Å². The van der Waals surface area contributed by atoms with Gasteiger partial charge < -0.3 is 10.2 Å². The number of hydrogen-bond donors (Lipinski definition) is 1. The molecule has 6 heteroatoms. The zero-order chi connectivity index (χ0) is 24.2. The Bertz CT molecular complexity index is 1330. The normalized spacial score (nSPS) is 22.8. The van der Waals surface area contributed by atoms with Crippen molar-refractivity contribution in [2.45, 2.75) is 51.9 Å². The predicted octanol–water partition coefficient (Wildman–Crippen LogP) is 5.79. The number of aromatic nitrogens is 3. The standard InChI is InChI=1S/C29H31N5O/c1-28(2)16-23-25(24(35)17-28)29(3,22-9-5-12-30-26(22)33-23)20-7-4-8-21(15-20)34(18-19-10-11-19)27-31-13-6-14-32-27/h4-9,12-15,19H,10-11,16-18H2,1-3H3,(H,30,33). The predicted molar refractivity (Wildman–Crippen MR) is 138 cm³/mol. The van der Waals surface area contributed by atoms with E-state index in [-0.39, 0.29) is 11.2 Å². The Morgan fingerprint density at radius 2 is 1.74 bits per heavy atom. The zero-order valence-electron chi connectivity index (χ0n) is 20.6. The van der Waals surface area contributed by atoms with Crippen molar-refractivity contribution >= 4 is 23.2 Å². The molecule has 1 N–H and O–H groups in total. The molecule has 1 aromatic carbocycles. The maximum atomic E-state index is 13.7. The van der Waals surface area contributed by atoms with Gasteiger partial charge in [-0.2, -0.15) is 0 Å². The van der Waals surface area contributed by atoms with E-state index >= 15 is 0 Å². The number of ketones is 1. The Kier molecular flexibility index (Phi) is 5.02. The number of carbonyl (C=O) groups is 1. The molecule has 6 nitrogen and oxygen atoms in total. The number of nitrogens with zero attached hydrogens (tertiary/aromatic N) is 4. The minimum atomic E-state index is -0.601. The molecule has 0 radical (unpaired) electrons. The van der Waals surface area contributed by atoms with Crippen LogP contribution in [0.3, 0.4) is 0 Å². The quantitative estimate of drug-likeness (QED) is 0.514. The first kappa shape index (κ1) is 22.0. The maximum absolute atomic E-state index is 13.7. The van der Waals surface area contributed by atoms with E-state index in [4.69, 9.17) is 0 Å². The van der Waals surface area contributed by atoms with Gasteiger partial charge in [0.1, 0.15) is 5.82 Å². The van der Waals surface area contributed by atoms with Crippen LogP contribution in [0.2, 0.25) is 0 Å². The number of anilines is 3.